The number of halogens is 6. The highest BCUT2D eigenvalue weighted by atomic mass is 19.4. The lowest BCUT2D eigenvalue weighted by atomic mass is 9.91. The first-order valence-corrected chi connectivity index (χ1v) is 11.6. The summed E-state index contributed by atoms with van der Waals surface area (Å²) in [5, 5.41) is 15.5. The summed E-state index contributed by atoms with van der Waals surface area (Å²) in [6.07, 6.45) is -9.50. The molecule has 3 amide bonds. The van der Waals surface area contributed by atoms with E-state index < -0.39 is 40.7 Å². The lowest BCUT2D eigenvalue weighted by molar-refractivity contribution is -0.143. The second-order valence-corrected chi connectivity index (χ2v) is 9.71. The van der Waals surface area contributed by atoms with Gasteiger partial charge in [0.2, 0.25) is 0 Å². The van der Waals surface area contributed by atoms with Crippen molar-refractivity contribution in [3.8, 4) is 0 Å². The van der Waals surface area contributed by atoms with Gasteiger partial charge in [-0.2, -0.15) is 26.3 Å². The second kappa shape index (κ2) is 10.5. The van der Waals surface area contributed by atoms with Gasteiger partial charge in [0.25, 0.3) is 5.91 Å². The number of amides is 3. The smallest absolute Gasteiger partial charge is 0.342 e. The summed E-state index contributed by atoms with van der Waals surface area (Å²) < 4.78 is 78.0. The molecule has 38 heavy (non-hydrogen) atoms. The number of hydrogen-bond acceptors (Lipinski definition) is 3. The van der Waals surface area contributed by atoms with E-state index in [2.05, 4.69) is 10.6 Å². The molecule has 0 radical (unpaired) electrons. The van der Waals surface area contributed by atoms with Crippen LogP contribution in [0.2, 0.25) is 0 Å². The average molecular weight is 544 g/mol. The molecule has 7 nitrogen and oxygen atoms in total. The number of alkyl halides is 6. The lowest BCUT2D eigenvalue weighted by Gasteiger charge is -2.24. The first kappa shape index (κ1) is 28.8. The fraction of sp³-hybridized carbons (Fsp3) is 0.400. The molecule has 13 heteroatoms. The highest BCUT2D eigenvalue weighted by molar-refractivity contribution is 6.07. The Bertz CT molecular complexity index is 1180. The zero-order valence-electron chi connectivity index (χ0n) is 20.8. The zero-order valence-corrected chi connectivity index (χ0v) is 20.8. The Labute approximate surface area is 215 Å². The summed E-state index contributed by atoms with van der Waals surface area (Å²) in [5.74, 6) is 0.0409. The fourth-order valence-electron chi connectivity index (χ4n) is 4.22. The summed E-state index contributed by atoms with van der Waals surface area (Å²) in [6.45, 7) is 5.82. The van der Waals surface area contributed by atoms with Crippen LogP contribution < -0.4 is 16.0 Å². The molecule has 0 aliphatic carbocycles. The highest BCUT2D eigenvalue weighted by Crippen LogP contribution is 2.37. The standard InChI is InChI=1S/C25H27F6N5O2/c1-14(2)11-23(3)20(37)36(21(32)35-23)13-16-6-4-15(5-7-16)12-33-22(38)34-19-9-17(24(26,27)28)8-18(10-19)25(29,30)31/h4-10,14H,11-13H2,1-3H3,(H2,32,35)(H2,33,34,38). The normalized spacial score (nSPS) is 18.1. The summed E-state index contributed by atoms with van der Waals surface area (Å²) in [4.78, 5) is 26.4. The maximum atomic E-state index is 13.0. The van der Waals surface area contributed by atoms with Gasteiger partial charge in [-0.1, -0.05) is 38.1 Å². The average Bonchev–Trinajstić information content (AvgIpc) is 2.99. The van der Waals surface area contributed by atoms with Gasteiger partial charge in [0.05, 0.1) is 17.7 Å². The summed E-state index contributed by atoms with van der Waals surface area (Å²) >= 11 is 0. The maximum absolute atomic E-state index is 13.0. The Kier molecular flexibility index (Phi) is 7.99. The Morgan fingerprint density at radius 2 is 1.53 bits per heavy atom. The minimum absolute atomic E-state index is 0.00355. The van der Waals surface area contributed by atoms with E-state index in [1.165, 1.54) is 4.90 Å². The Morgan fingerprint density at radius 1 is 1.00 bits per heavy atom. The fourth-order valence-corrected chi connectivity index (χ4v) is 4.22. The van der Waals surface area contributed by atoms with E-state index in [9.17, 15) is 35.9 Å². The molecule has 1 aliphatic heterocycles. The van der Waals surface area contributed by atoms with Gasteiger partial charge in [0.1, 0.15) is 5.54 Å². The van der Waals surface area contributed by atoms with Crippen molar-refractivity contribution in [2.45, 2.75) is 58.2 Å². The van der Waals surface area contributed by atoms with E-state index in [-0.39, 0.29) is 36.9 Å². The molecule has 0 saturated carbocycles. The number of carbonyl (C=O) groups is 2. The van der Waals surface area contributed by atoms with Crippen LogP contribution in [0.3, 0.4) is 0 Å². The molecule has 0 aromatic heterocycles. The number of nitrogens with zero attached hydrogens (tertiary/aromatic N) is 1. The summed E-state index contributed by atoms with van der Waals surface area (Å²) in [5.41, 5.74) is -3.28. The van der Waals surface area contributed by atoms with Crippen LogP contribution in [0.15, 0.2) is 42.5 Å². The minimum Gasteiger partial charge on any atom is -0.342 e. The molecule has 4 N–H and O–H groups in total. The summed E-state index contributed by atoms with van der Waals surface area (Å²) in [6, 6.07) is 6.49. The number of anilines is 1. The van der Waals surface area contributed by atoms with E-state index in [4.69, 9.17) is 5.41 Å². The third kappa shape index (κ3) is 6.95. The zero-order chi connectivity index (χ0) is 28.5. The third-order valence-corrected chi connectivity index (χ3v) is 5.86. The van der Waals surface area contributed by atoms with Crippen molar-refractivity contribution in [3.63, 3.8) is 0 Å². The highest BCUT2D eigenvalue weighted by Gasteiger charge is 2.45. The quantitative estimate of drug-likeness (QED) is 0.337. The molecule has 1 atom stereocenters. The monoisotopic (exact) mass is 543 g/mol. The molecular formula is C25H27F6N5O2. The van der Waals surface area contributed by atoms with E-state index in [0.717, 1.165) is 5.56 Å². The predicted octanol–water partition coefficient (Wildman–Crippen LogP) is 5.72. The topological polar surface area (TPSA) is 97.3 Å². The number of urea groups is 1. The van der Waals surface area contributed by atoms with Gasteiger partial charge in [-0.15, -0.1) is 0 Å². The van der Waals surface area contributed by atoms with Crippen LogP contribution in [0.4, 0.5) is 36.8 Å². The Morgan fingerprint density at radius 3 is 2.03 bits per heavy atom. The van der Waals surface area contributed by atoms with Crippen LogP contribution in [0, 0.1) is 11.3 Å². The molecule has 3 rings (SSSR count). The number of nitrogens with one attached hydrogen (secondary N) is 4. The van der Waals surface area contributed by atoms with Gasteiger partial charge < -0.3 is 16.0 Å². The molecule has 2 aromatic rings. The van der Waals surface area contributed by atoms with Crippen LogP contribution in [0.25, 0.3) is 0 Å². The van der Waals surface area contributed by atoms with E-state index in [0.29, 0.717) is 24.1 Å². The van der Waals surface area contributed by atoms with Crippen molar-refractivity contribution in [1.29, 1.82) is 5.41 Å². The summed E-state index contributed by atoms with van der Waals surface area (Å²) in [7, 11) is 0. The van der Waals surface area contributed by atoms with Gasteiger partial charge in [0, 0.05) is 12.2 Å². The van der Waals surface area contributed by atoms with Crippen LogP contribution in [-0.2, 0) is 30.2 Å². The van der Waals surface area contributed by atoms with Crippen LogP contribution in [-0.4, -0.2) is 28.3 Å². The second-order valence-electron chi connectivity index (χ2n) is 9.71. The molecular weight excluding hydrogens is 516 g/mol. The van der Waals surface area contributed by atoms with Gasteiger partial charge >= 0.3 is 18.4 Å². The Hall–Kier alpha value is -3.77. The van der Waals surface area contributed by atoms with Crippen LogP contribution in [0.1, 0.15) is 49.4 Å². The first-order chi connectivity index (χ1) is 17.5. The number of rotatable bonds is 7. The van der Waals surface area contributed by atoms with Crippen molar-refractivity contribution in [2.75, 3.05) is 5.32 Å². The number of carbonyl (C=O) groups excluding carboxylic acids is 2. The lowest BCUT2D eigenvalue weighted by Crippen LogP contribution is -2.44. The van der Waals surface area contributed by atoms with E-state index in [1.807, 2.05) is 19.2 Å². The SMILES string of the molecule is CC(C)CC1(C)NC(=N)N(Cc2ccc(CNC(=O)Nc3cc(C(F)(F)F)cc(C(F)(F)F)c3)cc2)C1=O. The third-order valence-electron chi connectivity index (χ3n) is 5.86. The number of hydrogen-bond donors (Lipinski definition) is 4. The molecule has 2 aromatic carbocycles. The molecule has 1 unspecified atom stereocenters. The molecule has 1 heterocycles. The molecule has 0 spiro atoms. The maximum Gasteiger partial charge on any atom is 0.416 e. The van der Waals surface area contributed by atoms with Gasteiger partial charge in [-0.3, -0.25) is 15.1 Å². The Balaban J connectivity index is 1.61. The van der Waals surface area contributed by atoms with Gasteiger partial charge in [-0.05, 0) is 48.6 Å². The first-order valence-electron chi connectivity index (χ1n) is 11.6. The van der Waals surface area contributed by atoms with Gasteiger partial charge in [-0.25, -0.2) is 4.79 Å². The van der Waals surface area contributed by atoms with Crippen molar-refractivity contribution < 1.29 is 35.9 Å². The van der Waals surface area contributed by atoms with E-state index in [1.54, 1.807) is 31.2 Å². The van der Waals surface area contributed by atoms with Crippen LogP contribution in [0.5, 0.6) is 0 Å². The van der Waals surface area contributed by atoms with E-state index >= 15 is 0 Å². The molecule has 1 saturated heterocycles. The van der Waals surface area contributed by atoms with Crippen molar-refractivity contribution in [1.82, 2.24) is 15.5 Å². The minimum atomic E-state index is -5.03. The van der Waals surface area contributed by atoms with Crippen LogP contribution >= 0.6 is 0 Å². The van der Waals surface area contributed by atoms with Crippen molar-refractivity contribution >= 4 is 23.6 Å². The van der Waals surface area contributed by atoms with Crippen molar-refractivity contribution in [3.05, 3.63) is 64.7 Å². The number of guanidine groups is 1. The molecule has 1 fully saturated rings. The molecule has 1 aliphatic rings. The molecule has 206 valence electrons. The number of benzene rings is 2. The molecule has 0 bridgehead atoms. The van der Waals surface area contributed by atoms with Gasteiger partial charge in [0.15, 0.2) is 5.96 Å². The van der Waals surface area contributed by atoms with Crippen molar-refractivity contribution in [2.24, 2.45) is 5.92 Å². The predicted molar refractivity (Wildman–Crippen MR) is 128 cm³/mol. The largest absolute Gasteiger partial charge is 0.416 e.